The molecule has 0 aliphatic carbocycles. The van der Waals surface area contributed by atoms with Crippen LogP contribution < -0.4 is 14.7 Å². The predicted octanol–water partition coefficient (Wildman–Crippen LogP) is -0.557. The van der Waals surface area contributed by atoms with Crippen molar-refractivity contribution in [3.63, 3.8) is 0 Å². The Morgan fingerprint density at radius 3 is 2.44 bits per heavy atom. The van der Waals surface area contributed by atoms with Gasteiger partial charge in [-0.1, -0.05) is 0 Å². The summed E-state index contributed by atoms with van der Waals surface area (Å²) in [6.07, 6.45) is 0.942. The van der Waals surface area contributed by atoms with E-state index in [0.29, 0.717) is 29.9 Å². The van der Waals surface area contributed by atoms with E-state index in [4.69, 9.17) is 15.2 Å². The van der Waals surface area contributed by atoms with Crippen LogP contribution in [0.25, 0.3) is 0 Å². The van der Waals surface area contributed by atoms with E-state index in [0.717, 1.165) is 17.4 Å². The Labute approximate surface area is 122 Å². The predicted molar refractivity (Wildman–Crippen MR) is 78.3 cm³/mol. The van der Waals surface area contributed by atoms with Crippen molar-refractivity contribution >= 4 is 38.8 Å². The minimum atomic E-state index is 0.201. The maximum atomic E-state index is 5.93. The van der Waals surface area contributed by atoms with Crippen molar-refractivity contribution < 1.29 is 9.47 Å². The van der Waals surface area contributed by atoms with Gasteiger partial charge in [0.2, 0.25) is 0 Å². The van der Waals surface area contributed by atoms with Gasteiger partial charge in [-0.2, -0.15) is 0 Å². The fourth-order valence-electron chi connectivity index (χ4n) is 1.54. The minimum absolute atomic E-state index is 0.201. The second-order valence-electron chi connectivity index (χ2n) is 4.05. The van der Waals surface area contributed by atoms with E-state index in [1.165, 1.54) is 14.5 Å². The summed E-state index contributed by atoms with van der Waals surface area (Å²) < 4.78 is 13.1. The fraction of sp³-hybridized carbons (Fsp3) is 0.538. The Hall–Kier alpha value is 0.139. The molecule has 0 saturated carbocycles. The summed E-state index contributed by atoms with van der Waals surface area (Å²) in [4.78, 5) is 0. The van der Waals surface area contributed by atoms with Crippen LogP contribution in [0.2, 0.25) is 0 Å². The summed E-state index contributed by atoms with van der Waals surface area (Å²) >= 11 is 0.778. The van der Waals surface area contributed by atoms with Crippen LogP contribution in [0.4, 0.5) is 0 Å². The maximum absolute atomic E-state index is 5.93. The van der Waals surface area contributed by atoms with E-state index >= 15 is 0 Å². The Morgan fingerprint density at radius 1 is 1.17 bits per heavy atom. The summed E-state index contributed by atoms with van der Waals surface area (Å²) in [5, 5.41) is 0. The Morgan fingerprint density at radius 2 is 1.83 bits per heavy atom. The average molecular weight is 381 g/mol. The molecule has 2 N–H and O–H groups in total. The first-order chi connectivity index (χ1) is 8.67. The third-order valence-corrected chi connectivity index (χ3v) is 6.45. The molecule has 0 spiro atoms. The summed E-state index contributed by atoms with van der Waals surface area (Å²) in [6.45, 7) is 2.06. The van der Waals surface area contributed by atoms with E-state index in [1.54, 1.807) is 14.2 Å². The fourth-order valence-corrected chi connectivity index (χ4v) is 4.44. The number of rotatable bonds is 8. The van der Waals surface area contributed by atoms with E-state index in [1.807, 2.05) is 0 Å². The molecule has 0 fully saturated rings. The quantitative estimate of drug-likeness (QED) is 0.615. The van der Waals surface area contributed by atoms with Gasteiger partial charge >= 0.3 is 122 Å². The SMILES string of the molecule is COC[Se]c1ccc([Se]COC)c(CC(C)N)c1. The molecule has 0 saturated heterocycles. The van der Waals surface area contributed by atoms with Gasteiger partial charge in [0.05, 0.1) is 0 Å². The third-order valence-electron chi connectivity index (χ3n) is 2.25. The van der Waals surface area contributed by atoms with Crippen molar-refractivity contribution in [1.82, 2.24) is 0 Å². The zero-order valence-electron chi connectivity index (χ0n) is 11.1. The van der Waals surface area contributed by atoms with Gasteiger partial charge in [-0.25, -0.2) is 0 Å². The second-order valence-corrected chi connectivity index (χ2v) is 8.16. The third kappa shape index (κ3) is 5.85. The van der Waals surface area contributed by atoms with E-state index in [9.17, 15) is 0 Å². The molecule has 0 heterocycles. The number of nitrogens with two attached hydrogens (primary N) is 1. The average Bonchev–Trinajstić information content (AvgIpc) is 2.34. The first-order valence-corrected chi connectivity index (χ1v) is 9.93. The van der Waals surface area contributed by atoms with Gasteiger partial charge in [-0.15, -0.1) is 0 Å². The Balaban J connectivity index is 2.81. The molecule has 1 rings (SSSR count). The van der Waals surface area contributed by atoms with Crippen LogP contribution >= 0.6 is 0 Å². The Bertz CT molecular complexity index is 359. The molecule has 1 aromatic carbocycles. The van der Waals surface area contributed by atoms with Crippen LogP contribution in [-0.2, 0) is 15.9 Å². The molecule has 0 amide bonds. The number of benzene rings is 1. The van der Waals surface area contributed by atoms with Gasteiger partial charge in [-0.05, 0) is 0 Å². The van der Waals surface area contributed by atoms with E-state index in [2.05, 4.69) is 25.1 Å². The molecule has 1 aromatic rings. The van der Waals surface area contributed by atoms with Crippen LogP contribution in [0.5, 0.6) is 0 Å². The van der Waals surface area contributed by atoms with Gasteiger partial charge in [-0.3, -0.25) is 0 Å². The molecule has 0 aromatic heterocycles. The molecule has 0 aliphatic rings. The van der Waals surface area contributed by atoms with Gasteiger partial charge in [0.1, 0.15) is 0 Å². The molecule has 0 aliphatic heterocycles. The topological polar surface area (TPSA) is 44.5 Å². The normalized spacial score (nSPS) is 12.7. The van der Waals surface area contributed by atoms with E-state index < -0.39 is 0 Å². The van der Waals surface area contributed by atoms with Crippen molar-refractivity contribution in [3.05, 3.63) is 23.8 Å². The number of hydrogen-bond acceptors (Lipinski definition) is 3. The van der Waals surface area contributed by atoms with Crippen LogP contribution in [0.15, 0.2) is 18.2 Å². The van der Waals surface area contributed by atoms with Gasteiger partial charge in [0.15, 0.2) is 0 Å². The number of hydrogen-bond donors (Lipinski definition) is 1. The van der Waals surface area contributed by atoms with Gasteiger partial charge in [0.25, 0.3) is 0 Å². The van der Waals surface area contributed by atoms with Crippen LogP contribution in [0, 0.1) is 0 Å². The second kappa shape index (κ2) is 9.11. The summed E-state index contributed by atoms with van der Waals surface area (Å²) in [5.41, 5.74) is 8.96. The molecule has 3 nitrogen and oxygen atoms in total. The van der Waals surface area contributed by atoms with Crippen LogP contribution in [0.3, 0.4) is 0 Å². The standard InChI is InChI=1S/C13H21NO2Se2/c1-10(14)6-11-7-12(17-8-15-2)4-5-13(11)18-9-16-3/h4-5,7,10H,6,8-9,14H2,1-3H3. The molecule has 1 atom stereocenters. The van der Waals surface area contributed by atoms with Crippen LogP contribution in [0.1, 0.15) is 12.5 Å². The molecule has 5 heteroatoms. The molecule has 0 radical (unpaired) electrons. The molecule has 0 bridgehead atoms. The molecule has 18 heavy (non-hydrogen) atoms. The van der Waals surface area contributed by atoms with Gasteiger partial charge < -0.3 is 0 Å². The Kier molecular flexibility index (Phi) is 8.19. The number of ether oxygens (including phenoxy) is 2. The van der Waals surface area contributed by atoms with Gasteiger partial charge in [0, 0.05) is 0 Å². The van der Waals surface area contributed by atoms with Crippen molar-refractivity contribution in [2.75, 3.05) is 25.2 Å². The summed E-state index contributed by atoms with van der Waals surface area (Å²) in [5.74, 6) is 0. The summed E-state index contributed by atoms with van der Waals surface area (Å²) in [6, 6.07) is 6.96. The first-order valence-electron chi connectivity index (χ1n) is 5.79. The zero-order chi connectivity index (χ0) is 13.4. The van der Waals surface area contributed by atoms with Crippen molar-refractivity contribution in [2.45, 2.75) is 19.4 Å². The monoisotopic (exact) mass is 383 g/mol. The summed E-state index contributed by atoms with van der Waals surface area (Å²) in [7, 11) is 3.50. The van der Waals surface area contributed by atoms with Crippen molar-refractivity contribution in [1.29, 1.82) is 0 Å². The van der Waals surface area contributed by atoms with Crippen LogP contribution in [-0.4, -0.2) is 61.2 Å². The molecular weight excluding hydrogens is 360 g/mol. The van der Waals surface area contributed by atoms with Crippen molar-refractivity contribution in [2.24, 2.45) is 5.73 Å². The molecule has 1 unspecified atom stereocenters. The molecular formula is C13H21NO2Se2. The first kappa shape index (κ1) is 16.2. The zero-order valence-corrected chi connectivity index (χ0v) is 14.6. The van der Waals surface area contributed by atoms with E-state index in [-0.39, 0.29) is 6.04 Å². The molecule has 102 valence electrons. The number of methoxy groups -OCH3 is 2. The van der Waals surface area contributed by atoms with Crippen molar-refractivity contribution in [3.8, 4) is 0 Å².